The van der Waals surface area contributed by atoms with E-state index in [2.05, 4.69) is 36.3 Å². The van der Waals surface area contributed by atoms with Crippen LogP contribution < -0.4 is 32.3 Å². The largest absolute Gasteiger partial charge is 0.427 e. The summed E-state index contributed by atoms with van der Waals surface area (Å²) in [4.78, 5) is 0. The fourth-order valence-corrected chi connectivity index (χ4v) is 6.31. The van der Waals surface area contributed by atoms with Gasteiger partial charge in [0.05, 0.1) is 10.8 Å². The monoisotopic (exact) mass is 581 g/mol. The molecule has 1 radical (unpaired) electrons. The first-order chi connectivity index (χ1) is 21.6. The van der Waals surface area contributed by atoms with E-state index in [-0.39, 0.29) is 43.8 Å². The number of anilines is 4. The van der Waals surface area contributed by atoms with Crippen LogP contribution in [-0.2, 0) is 0 Å². The molecule has 0 saturated heterocycles. The first-order valence-electron chi connectivity index (χ1n) is 13.7. The van der Waals surface area contributed by atoms with Gasteiger partial charge >= 0.3 is 6.98 Å². The third-order valence-corrected chi connectivity index (χ3v) is 8.22. The van der Waals surface area contributed by atoms with Gasteiger partial charge in [-0.2, -0.15) is 0 Å². The predicted octanol–water partition coefficient (Wildman–Crippen LogP) is 4.67. The number of halogens is 2. The molecule has 1 aliphatic heterocycles. The second-order valence-electron chi connectivity index (χ2n) is 10.6. The number of fused-ring (bicyclic) bond motifs is 6. The van der Waals surface area contributed by atoms with E-state index in [4.69, 9.17) is 15.0 Å². The lowest BCUT2D eigenvalue weighted by atomic mass is 9.64. The molecule has 2 aromatic heterocycles. The summed E-state index contributed by atoms with van der Waals surface area (Å²) in [6.07, 6.45) is 0. The van der Waals surface area contributed by atoms with E-state index in [0.29, 0.717) is 11.4 Å². The van der Waals surface area contributed by atoms with Gasteiger partial charge in [-0.15, -0.1) is 0 Å². The summed E-state index contributed by atoms with van der Waals surface area (Å²) in [5.74, 6) is -1.56. The number of nitrogens with one attached hydrogen (secondary N) is 3. The number of aromatic nitrogens is 4. The van der Waals surface area contributed by atoms with Crippen LogP contribution in [0.3, 0.4) is 0 Å². The van der Waals surface area contributed by atoms with Crippen LogP contribution in [0.4, 0.5) is 31.5 Å². The van der Waals surface area contributed by atoms with E-state index in [9.17, 15) is 0 Å². The number of nitrogen functional groups attached to an aromatic ring is 1. The molecule has 1 aliphatic rings. The van der Waals surface area contributed by atoms with Gasteiger partial charge in [0.2, 0.25) is 0 Å². The van der Waals surface area contributed by atoms with Crippen molar-refractivity contribution in [2.24, 2.45) is 0 Å². The molecule has 5 N–H and O–H groups in total. The van der Waals surface area contributed by atoms with E-state index in [0.717, 1.165) is 32.9 Å². The molecule has 44 heavy (non-hydrogen) atoms. The van der Waals surface area contributed by atoms with Crippen LogP contribution in [0, 0.1) is 11.6 Å². The van der Waals surface area contributed by atoms with E-state index in [1.807, 2.05) is 66.7 Å². The molecule has 14 heteroatoms. The maximum atomic E-state index is 16.8. The van der Waals surface area contributed by atoms with Crippen LogP contribution in [0.25, 0.3) is 54.4 Å². The highest BCUT2D eigenvalue weighted by Crippen LogP contribution is 2.36. The Morgan fingerprint density at radius 3 is 1.95 bits per heavy atom. The van der Waals surface area contributed by atoms with Gasteiger partial charge in [0.25, 0.3) is 7.41 Å². The van der Waals surface area contributed by atoms with Gasteiger partial charge in [-0.05, 0) is 45.4 Å². The molecule has 6 aromatic carbocycles. The number of nitrogens with zero attached hydrogens (tertiary/aromatic N) is 4. The number of rotatable bonds is 4. The molecule has 0 amide bonds. The van der Waals surface area contributed by atoms with Crippen molar-refractivity contribution < 1.29 is 18.0 Å². The Morgan fingerprint density at radius 1 is 0.659 bits per heavy atom. The van der Waals surface area contributed by atoms with Crippen molar-refractivity contribution in [3.63, 3.8) is 0 Å². The van der Waals surface area contributed by atoms with Crippen LogP contribution in [0.2, 0.25) is 0 Å². The van der Waals surface area contributed by atoms with Crippen LogP contribution in [0.5, 0.6) is 0 Å². The zero-order valence-corrected chi connectivity index (χ0v) is 22.5. The van der Waals surface area contributed by atoms with E-state index >= 15 is 8.78 Å². The molecule has 0 saturated carbocycles. The fourth-order valence-electron chi connectivity index (χ4n) is 6.31. The highest BCUT2D eigenvalue weighted by atomic mass is 19.1. The third-order valence-electron chi connectivity index (χ3n) is 8.22. The molecular weight excluding hydrogens is 564 g/mol. The molecule has 209 valence electrons. The Labute approximate surface area is 246 Å². The van der Waals surface area contributed by atoms with Gasteiger partial charge in [-0.1, -0.05) is 58.8 Å². The maximum Gasteiger partial charge on any atom is 0.411 e. The van der Waals surface area contributed by atoms with Gasteiger partial charge < -0.3 is 21.4 Å². The Bertz CT molecular complexity index is 2440. The topological polar surface area (TPSA) is 140 Å². The zero-order valence-electron chi connectivity index (χ0n) is 22.5. The summed E-state index contributed by atoms with van der Waals surface area (Å²) in [7, 11) is 1.43. The lowest BCUT2D eigenvalue weighted by molar-refractivity contribution is 0.316. The normalized spacial score (nSPS) is 12.7. The smallest absolute Gasteiger partial charge is 0.411 e. The molecule has 0 fully saturated rings. The predicted molar refractivity (Wildman–Crippen MR) is 169 cm³/mol. The first-order valence-corrected chi connectivity index (χ1v) is 13.7. The quantitative estimate of drug-likeness (QED) is 0.171. The summed E-state index contributed by atoms with van der Waals surface area (Å²) in [5.41, 5.74) is 9.27. The van der Waals surface area contributed by atoms with Crippen LogP contribution in [-0.4, -0.2) is 35.0 Å². The molecule has 0 atom stereocenters. The molecule has 0 unspecified atom stereocenters. The zero-order chi connectivity index (χ0) is 29.5. The minimum Gasteiger partial charge on any atom is -0.427 e. The summed E-state index contributed by atoms with van der Waals surface area (Å²) < 4.78 is 43.5. The van der Waals surface area contributed by atoms with Crippen molar-refractivity contribution in [3.8, 4) is 0 Å². The molecule has 8 aromatic rings. The van der Waals surface area contributed by atoms with E-state index in [1.165, 1.54) is 7.41 Å². The van der Waals surface area contributed by atoms with Gasteiger partial charge in [0, 0.05) is 44.4 Å². The van der Waals surface area contributed by atoms with Crippen molar-refractivity contribution in [2.75, 3.05) is 21.4 Å². The highest BCUT2D eigenvalue weighted by Gasteiger charge is 2.36. The molecule has 3 heterocycles. The first kappa shape index (κ1) is 24.7. The van der Waals surface area contributed by atoms with Crippen molar-refractivity contribution in [1.82, 2.24) is 20.6 Å². The second kappa shape index (κ2) is 9.04. The Morgan fingerprint density at radius 2 is 1.23 bits per heavy atom. The lowest BCUT2D eigenvalue weighted by Crippen LogP contribution is -2.50. The van der Waals surface area contributed by atoms with Gasteiger partial charge in [-0.25, -0.2) is 18.0 Å². The molecule has 9 rings (SSSR count). The van der Waals surface area contributed by atoms with Crippen LogP contribution in [0.1, 0.15) is 0 Å². The lowest BCUT2D eigenvalue weighted by Gasteiger charge is -2.27. The molecule has 0 bridgehead atoms. The second-order valence-corrected chi connectivity index (χ2v) is 10.6. The van der Waals surface area contributed by atoms with Crippen molar-refractivity contribution >= 4 is 102 Å². The average molecular weight is 581 g/mol. The van der Waals surface area contributed by atoms with E-state index < -0.39 is 18.6 Å². The SMILES string of the molecule is Nc1cccc2cccc(N[B]c3c(F)c4c5nonc5c(B5Nc6cccc7cccc(c67)N5)c(F)c4c4nonc34)c12. The van der Waals surface area contributed by atoms with Crippen molar-refractivity contribution in [2.45, 2.75) is 0 Å². The van der Waals surface area contributed by atoms with E-state index in [1.54, 1.807) is 6.07 Å². The highest BCUT2D eigenvalue weighted by molar-refractivity contribution is 6.82. The number of benzene rings is 6. The molecule has 10 nitrogen and oxygen atoms in total. The minimum atomic E-state index is -0.797. The van der Waals surface area contributed by atoms with Gasteiger partial charge in [0.15, 0.2) is 0 Å². The Kier molecular flexibility index (Phi) is 5.07. The number of hydrogen-bond acceptors (Lipinski definition) is 10. The number of nitrogens with two attached hydrogens (primary N) is 1. The van der Waals surface area contributed by atoms with Gasteiger partial charge in [0.1, 0.15) is 33.7 Å². The standard InChI is InChI=1S/C30H17B2F2N8O2/c33-25-21-22(27-29(41-43-39-27)23(25)31-36-16-10-2-6-13-5-1-9-15(35)19(13)16)26(34)24(30-28(21)40-44-42-30)32-37-17-11-3-7-14-8-4-12-18(38-32)20(14)17/h1-12,36-38H,35H2. The fraction of sp³-hybridized carbons (Fsp3) is 0. The van der Waals surface area contributed by atoms with Crippen LogP contribution >= 0.6 is 0 Å². The third kappa shape index (κ3) is 3.35. The van der Waals surface area contributed by atoms with Crippen molar-refractivity contribution in [3.05, 3.63) is 84.4 Å². The summed E-state index contributed by atoms with van der Waals surface area (Å²) in [5, 5.41) is 29.2. The summed E-state index contributed by atoms with van der Waals surface area (Å²) in [6.45, 7) is -0.794. The summed E-state index contributed by atoms with van der Waals surface area (Å²) >= 11 is 0. The maximum absolute atomic E-state index is 16.8. The summed E-state index contributed by atoms with van der Waals surface area (Å²) in [6, 6.07) is 22.8. The minimum absolute atomic E-state index is 0.00812. The van der Waals surface area contributed by atoms with Gasteiger partial charge in [-0.3, -0.25) is 0 Å². The Balaban J connectivity index is 1.22. The molecule has 0 spiro atoms. The average Bonchev–Trinajstić information content (AvgIpc) is 3.71. The van der Waals surface area contributed by atoms with Crippen molar-refractivity contribution in [1.29, 1.82) is 0 Å². The molecular formula is C30H17B2F2N8O2. The van der Waals surface area contributed by atoms with Crippen LogP contribution in [0.15, 0.2) is 82.1 Å². The molecule has 0 aliphatic carbocycles. The number of hydrogen-bond donors (Lipinski definition) is 4. The Hall–Kier alpha value is -5.91.